The molecule has 0 radical (unpaired) electrons. The molecule has 0 unspecified atom stereocenters. The highest BCUT2D eigenvalue weighted by Gasteiger charge is 2.63. The molecule has 6 rings (SSSR count). The summed E-state index contributed by atoms with van der Waals surface area (Å²) >= 11 is 0. The van der Waals surface area contributed by atoms with Gasteiger partial charge in [0.15, 0.2) is 11.5 Å². The molecule has 2 aliphatic carbocycles. The van der Waals surface area contributed by atoms with Crippen LogP contribution in [0.2, 0.25) is 0 Å². The molecule has 2 saturated carbocycles. The third-order valence-electron chi connectivity index (χ3n) is 10.3. The lowest BCUT2D eigenvalue weighted by atomic mass is 9.44. The van der Waals surface area contributed by atoms with Crippen LogP contribution in [0.1, 0.15) is 92.2 Å². The zero-order chi connectivity index (χ0) is 29.7. The maximum absolute atomic E-state index is 13.2. The smallest absolute Gasteiger partial charge is 0.343 e. The molecule has 0 bridgehead atoms. The van der Waals surface area contributed by atoms with E-state index in [0.717, 1.165) is 24.8 Å². The Balaban J connectivity index is 1.44. The Morgan fingerprint density at radius 1 is 0.786 bits per heavy atom. The van der Waals surface area contributed by atoms with Gasteiger partial charge in [0.25, 0.3) is 0 Å². The summed E-state index contributed by atoms with van der Waals surface area (Å²) in [6, 6.07) is 21.0. The Labute approximate surface area is 248 Å². The minimum absolute atomic E-state index is 0.00639. The van der Waals surface area contributed by atoms with Crippen molar-refractivity contribution in [3.63, 3.8) is 0 Å². The van der Waals surface area contributed by atoms with Gasteiger partial charge in [0.1, 0.15) is 11.4 Å². The fourth-order valence-electron chi connectivity index (χ4n) is 8.51. The number of fused-ring (bicyclic) bond motifs is 4. The maximum atomic E-state index is 13.2. The van der Waals surface area contributed by atoms with Gasteiger partial charge in [0.2, 0.25) is 0 Å². The normalized spacial score (nSPS) is 29.2. The van der Waals surface area contributed by atoms with Gasteiger partial charge >= 0.3 is 11.9 Å². The van der Waals surface area contributed by atoms with Crippen LogP contribution in [0, 0.1) is 22.7 Å². The van der Waals surface area contributed by atoms with Crippen molar-refractivity contribution < 1.29 is 28.5 Å². The van der Waals surface area contributed by atoms with Crippen LogP contribution in [-0.4, -0.2) is 24.6 Å². The van der Waals surface area contributed by atoms with Crippen molar-refractivity contribution in [2.75, 3.05) is 7.11 Å². The summed E-state index contributed by atoms with van der Waals surface area (Å²) in [5.74, 6) is 0.422. The predicted octanol–water partition coefficient (Wildman–Crippen LogP) is 8.21. The van der Waals surface area contributed by atoms with E-state index in [9.17, 15) is 9.59 Å². The van der Waals surface area contributed by atoms with Gasteiger partial charge in [-0.3, -0.25) is 0 Å². The van der Waals surface area contributed by atoms with Crippen molar-refractivity contribution in [1.29, 1.82) is 0 Å². The molecule has 6 nitrogen and oxygen atoms in total. The first-order chi connectivity index (χ1) is 20.1. The second kappa shape index (κ2) is 10.6. The van der Waals surface area contributed by atoms with Crippen molar-refractivity contribution in [3.8, 4) is 17.2 Å². The number of esters is 2. The number of hydrogen-bond acceptors (Lipinski definition) is 6. The lowest BCUT2D eigenvalue weighted by Crippen LogP contribution is -2.62. The summed E-state index contributed by atoms with van der Waals surface area (Å²) < 4.78 is 25.0. The summed E-state index contributed by atoms with van der Waals surface area (Å²) in [7, 11) is 1.75. The zero-order valence-electron chi connectivity index (χ0n) is 25.1. The fraction of sp³-hybridized carbons (Fsp3) is 0.444. The van der Waals surface area contributed by atoms with E-state index in [1.54, 1.807) is 67.8 Å². The van der Waals surface area contributed by atoms with Crippen LogP contribution in [-0.2, 0) is 4.74 Å². The highest BCUT2D eigenvalue weighted by Crippen LogP contribution is 2.67. The number of hydrogen-bond donors (Lipinski definition) is 0. The second-order valence-electron chi connectivity index (χ2n) is 13.3. The molecule has 220 valence electrons. The van der Waals surface area contributed by atoms with Crippen LogP contribution in [0.5, 0.6) is 17.2 Å². The van der Waals surface area contributed by atoms with E-state index < -0.39 is 17.5 Å². The quantitative estimate of drug-likeness (QED) is 0.228. The number of ether oxygens (including phenoxy) is 4. The first-order valence-corrected chi connectivity index (χ1v) is 15.0. The first-order valence-electron chi connectivity index (χ1n) is 15.0. The first kappa shape index (κ1) is 28.5. The molecule has 0 spiro atoms. The number of carbonyl (C=O) groups excluding carboxylic acids is 2. The van der Waals surface area contributed by atoms with Gasteiger partial charge in [-0.25, -0.2) is 9.59 Å². The van der Waals surface area contributed by atoms with Gasteiger partial charge in [0.05, 0.1) is 17.2 Å². The Hall–Kier alpha value is -3.64. The minimum atomic E-state index is -0.548. The highest BCUT2D eigenvalue weighted by molar-refractivity contribution is 5.93. The molecule has 5 atom stereocenters. The van der Waals surface area contributed by atoms with E-state index in [-0.39, 0.29) is 34.4 Å². The van der Waals surface area contributed by atoms with Crippen LogP contribution < -0.4 is 14.2 Å². The highest BCUT2D eigenvalue weighted by atomic mass is 16.6. The van der Waals surface area contributed by atoms with Crippen LogP contribution >= 0.6 is 0 Å². The molecular weight excluding hydrogens is 528 g/mol. The van der Waals surface area contributed by atoms with Crippen molar-refractivity contribution in [1.82, 2.24) is 0 Å². The molecule has 3 aromatic rings. The average molecular weight is 569 g/mol. The van der Waals surface area contributed by atoms with Crippen LogP contribution in [0.25, 0.3) is 0 Å². The molecule has 0 aromatic heterocycles. The van der Waals surface area contributed by atoms with Crippen molar-refractivity contribution in [3.05, 3.63) is 89.5 Å². The van der Waals surface area contributed by atoms with E-state index in [0.29, 0.717) is 22.8 Å². The molecule has 0 amide bonds. The molecule has 3 aromatic carbocycles. The Morgan fingerprint density at radius 3 is 1.93 bits per heavy atom. The van der Waals surface area contributed by atoms with E-state index >= 15 is 0 Å². The van der Waals surface area contributed by atoms with Crippen molar-refractivity contribution >= 4 is 11.9 Å². The van der Waals surface area contributed by atoms with Crippen molar-refractivity contribution in [2.24, 2.45) is 22.7 Å². The summed E-state index contributed by atoms with van der Waals surface area (Å²) in [5, 5.41) is 0. The number of rotatable bonds is 5. The van der Waals surface area contributed by atoms with Crippen LogP contribution in [0.4, 0.5) is 0 Å². The predicted molar refractivity (Wildman–Crippen MR) is 160 cm³/mol. The fourth-order valence-corrected chi connectivity index (χ4v) is 8.51. The topological polar surface area (TPSA) is 71.1 Å². The van der Waals surface area contributed by atoms with E-state index in [1.807, 2.05) is 12.1 Å². The summed E-state index contributed by atoms with van der Waals surface area (Å²) in [4.78, 5) is 26.3. The summed E-state index contributed by atoms with van der Waals surface area (Å²) in [5.41, 5.74) is 1.38. The molecule has 1 aliphatic heterocycles. The number of methoxy groups -OCH3 is 1. The molecule has 0 N–H and O–H groups in total. The SMILES string of the molecule is CO[C@@H]1c2cc(OC(=O)c3ccccc3)c(OC(=O)c3ccccc3)cc2O[C@@]2(C)CC[C@H]3C(C)(C)CCC[C@]3(C)[C@@H]12. The zero-order valence-corrected chi connectivity index (χ0v) is 25.1. The maximum Gasteiger partial charge on any atom is 0.343 e. The third-order valence-corrected chi connectivity index (χ3v) is 10.3. The second-order valence-corrected chi connectivity index (χ2v) is 13.3. The molecule has 1 heterocycles. The van der Waals surface area contributed by atoms with Gasteiger partial charge in [-0.2, -0.15) is 0 Å². The Morgan fingerprint density at radius 2 is 1.36 bits per heavy atom. The Bertz CT molecular complexity index is 1480. The van der Waals surface area contributed by atoms with Gasteiger partial charge in [-0.15, -0.1) is 0 Å². The number of benzene rings is 3. The molecular formula is C36H40O6. The minimum Gasteiger partial charge on any atom is -0.487 e. The largest absolute Gasteiger partial charge is 0.487 e. The Kier molecular flexibility index (Phi) is 7.17. The monoisotopic (exact) mass is 568 g/mol. The van der Waals surface area contributed by atoms with E-state index in [1.165, 1.54) is 12.8 Å². The van der Waals surface area contributed by atoms with Crippen LogP contribution in [0.3, 0.4) is 0 Å². The summed E-state index contributed by atoms with van der Waals surface area (Å²) in [6.45, 7) is 9.44. The van der Waals surface area contributed by atoms with Crippen LogP contribution in [0.15, 0.2) is 72.8 Å². The molecule has 2 fully saturated rings. The molecule has 3 aliphatic rings. The molecule has 42 heavy (non-hydrogen) atoms. The standard InChI is InChI=1S/C36H40O6/c1-34(2)18-12-19-35(3)29(34)17-20-36(4)31(35)30(39-5)25-21-27(40-32(37)23-13-8-6-9-14-23)28(22-26(25)42-36)41-33(38)24-15-10-7-11-16-24/h6-11,13-16,21-22,29-31H,12,17-20H2,1-5H3/t29-,30+,31+,35-,36-/m0/s1. The van der Waals surface area contributed by atoms with E-state index in [2.05, 4.69) is 27.7 Å². The molecule has 0 saturated heterocycles. The molecule has 6 heteroatoms. The van der Waals surface area contributed by atoms with Gasteiger partial charge in [-0.1, -0.05) is 63.6 Å². The van der Waals surface area contributed by atoms with Gasteiger partial charge in [-0.05, 0) is 79.7 Å². The lowest BCUT2D eigenvalue weighted by molar-refractivity contribution is -0.207. The number of carbonyl (C=O) groups is 2. The summed E-state index contributed by atoms with van der Waals surface area (Å²) in [6.07, 6.45) is 5.22. The third kappa shape index (κ3) is 4.80. The average Bonchev–Trinajstić information content (AvgIpc) is 2.96. The van der Waals surface area contributed by atoms with E-state index in [4.69, 9.17) is 18.9 Å². The van der Waals surface area contributed by atoms with Gasteiger partial charge < -0.3 is 18.9 Å². The van der Waals surface area contributed by atoms with Gasteiger partial charge in [0, 0.05) is 24.7 Å². The lowest BCUT2D eigenvalue weighted by Gasteiger charge is -2.64. The van der Waals surface area contributed by atoms with Crippen molar-refractivity contribution in [2.45, 2.75) is 71.5 Å².